The van der Waals surface area contributed by atoms with Gasteiger partial charge in [-0.3, -0.25) is 4.79 Å². The molecule has 0 bridgehead atoms. The quantitative estimate of drug-likeness (QED) is 0.543. The number of methoxy groups -OCH3 is 1. The highest BCUT2D eigenvalue weighted by Gasteiger charge is 2.32. The lowest BCUT2D eigenvalue weighted by Gasteiger charge is -2.16. The molecule has 0 aliphatic rings. The molecule has 10 heteroatoms. The van der Waals surface area contributed by atoms with Crippen LogP contribution >= 0.6 is 0 Å². The molecule has 0 fully saturated rings. The van der Waals surface area contributed by atoms with Crippen LogP contribution < -0.4 is 14.8 Å². The highest BCUT2D eigenvalue weighted by molar-refractivity contribution is 6.06. The van der Waals surface area contributed by atoms with Gasteiger partial charge in [0.1, 0.15) is 11.4 Å². The number of alkyl halides is 3. The third-order valence-corrected chi connectivity index (χ3v) is 4.33. The number of rotatable bonds is 6. The van der Waals surface area contributed by atoms with E-state index < -0.39 is 23.6 Å². The number of carbonyl (C=O) groups is 2. The molecule has 0 unspecified atom stereocenters. The molecule has 0 spiro atoms. The number of hydrogen-bond donors (Lipinski definition) is 2. The zero-order valence-corrected chi connectivity index (χ0v) is 16.9. The first kappa shape index (κ1) is 22.6. The molecule has 0 saturated heterocycles. The van der Waals surface area contributed by atoms with E-state index in [0.29, 0.717) is 11.8 Å². The van der Waals surface area contributed by atoms with Crippen molar-refractivity contribution in [1.29, 1.82) is 0 Å². The van der Waals surface area contributed by atoms with Crippen molar-refractivity contribution in [3.05, 3.63) is 77.1 Å². The number of carboxylic acid groups (broad SMARTS) is 1. The van der Waals surface area contributed by atoms with Crippen LogP contribution in [0.5, 0.6) is 17.2 Å². The number of aromatic nitrogens is 1. The van der Waals surface area contributed by atoms with Crippen molar-refractivity contribution < 1.29 is 37.3 Å². The number of pyridine rings is 1. The van der Waals surface area contributed by atoms with Crippen LogP contribution in [-0.2, 0) is 6.18 Å². The normalized spacial score (nSPS) is 11.0. The summed E-state index contributed by atoms with van der Waals surface area (Å²) >= 11 is 0. The lowest BCUT2D eigenvalue weighted by Crippen LogP contribution is -2.15. The van der Waals surface area contributed by atoms with E-state index in [9.17, 15) is 22.8 Å². The number of aromatic carboxylic acids is 1. The molecule has 0 aliphatic heterocycles. The van der Waals surface area contributed by atoms with Crippen LogP contribution in [0, 0.1) is 6.92 Å². The van der Waals surface area contributed by atoms with Gasteiger partial charge >= 0.3 is 12.1 Å². The summed E-state index contributed by atoms with van der Waals surface area (Å²) in [5, 5.41) is 11.3. The van der Waals surface area contributed by atoms with Crippen LogP contribution in [0.1, 0.15) is 32.0 Å². The summed E-state index contributed by atoms with van der Waals surface area (Å²) in [5.41, 5.74) is -0.708. The Labute approximate surface area is 180 Å². The van der Waals surface area contributed by atoms with Gasteiger partial charge in [-0.1, -0.05) is 6.07 Å². The molecule has 1 aromatic heterocycles. The first-order valence-electron chi connectivity index (χ1n) is 9.13. The summed E-state index contributed by atoms with van der Waals surface area (Å²) in [6.45, 7) is 1.83. The van der Waals surface area contributed by atoms with Crippen LogP contribution in [0.25, 0.3) is 0 Å². The van der Waals surface area contributed by atoms with E-state index in [1.54, 1.807) is 18.2 Å². The number of nitrogens with one attached hydrogen (secondary N) is 1. The van der Waals surface area contributed by atoms with E-state index in [2.05, 4.69) is 10.3 Å². The average Bonchev–Trinajstić information content (AvgIpc) is 2.74. The number of carboxylic acids is 1. The second-order valence-electron chi connectivity index (χ2n) is 6.66. The second-order valence-corrected chi connectivity index (χ2v) is 6.66. The number of benzene rings is 2. The highest BCUT2D eigenvalue weighted by atomic mass is 19.4. The topological polar surface area (TPSA) is 97.8 Å². The predicted molar refractivity (Wildman–Crippen MR) is 108 cm³/mol. The van der Waals surface area contributed by atoms with Crippen molar-refractivity contribution >= 4 is 17.6 Å². The Hall–Kier alpha value is -4.08. The number of anilines is 1. The molecule has 3 rings (SSSR count). The van der Waals surface area contributed by atoms with Gasteiger partial charge in [0.15, 0.2) is 11.5 Å². The molecular formula is C22H17F3N2O5. The Balaban J connectivity index is 1.98. The Morgan fingerprint density at radius 1 is 1.00 bits per heavy atom. The molecule has 2 aromatic carbocycles. The molecule has 1 amide bonds. The van der Waals surface area contributed by atoms with Gasteiger partial charge in [-0.05, 0) is 55.0 Å². The number of amides is 1. The van der Waals surface area contributed by atoms with Gasteiger partial charge in [-0.2, -0.15) is 13.2 Å². The zero-order valence-electron chi connectivity index (χ0n) is 16.9. The van der Waals surface area contributed by atoms with Crippen molar-refractivity contribution in [2.45, 2.75) is 13.1 Å². The maximum atomic E-state index is 13.2. The number of ether oxygens (including phenoxy) is 2. The molecule has 0 atom stereocenters. The van der Waals surface area contributed by atoms with Gasteiger partial charge in [0.05, 0.1) is 30.1 Å². The minimum Gasteiger partial charge on any atom is -0.493 e. The monoisotopic (exact) mass is 446 g/mol. The van der Waals surface area contributed by atoms with Gasteiger partial charge in [0, 0.05) is 0 Å². The Morgan fingerprint density at radius 3 is 2.31 bits per heavy atom. The summed E-state index contributed by atoms with van der Waals surface area (Å²) in [7, 11) is 1.41. The molecule has 0 saturated carbocycles. The molecule has 1 heterocycles. The third kappa shape index (κ3) is 5.15. The summed E-state index contributed by atoms with van der Waals surface area (Å²) < 4.78 is 50.7. The molecule has 0 aliphatic carbocycles. The van der Waals surface area contributed by atoms with Gasteiger partial charge in [-0.15, -0.1) is 0 Å². The molecule has 2 N–H and O–H groups in total. The van der Waals surface area contributed by atoms with E-state index in [4.69, 9.17) is 14.6 Å². The fraction of sp³-hybridized carbons (Fsp3) is 0.136. The van der Waals surface area contributed by atoms with Crippen molar-refractivity contribution in [2.24, 2.45) is 0 Å². The molecule has 166 valence electrons. The van der Waals surface area contributed by atoms with Gasteiger partial charge < -0.3 is 19.9 Å². The Kier molecular flexibility index (Phi) is 6.33. The van der Waals surface area contributed by atoms with Crippen LogP contribution in [0.3, 0.4) is 0 Å². The molecule has 7 nitrogen and oxygen atoms in total. The second kappa shape index (κ2) is 8.96. The zero-order chi connectivity index (χ0) is 23.5. The number of hydrogen-bond acceptors (Lipinski definition) is 5. The standard InChI is InChI=1S/C22H17F3N2O5/c1-12-3-7-18(19(9-12)31-2)32-17-8-4-13(22(23,24)25)10-15(17)20(28)27-14-5-6-16(21(29)30)26-11-14/h3-11H,1-2H3,(H,27,28)(H,29,30). The lowest BCUT2D eigenvalue weighted by atomic mass is 10.1. The largest absolute Gasteiger partial charge is 0.493 e. The van der Waals surface area contributed by atoms with Crippen LogP contribution in [0.15, 0.2) is 54.7 Å². The van der Waals surface area contributed by atoms with Crippen molar-refractivity contribution in [2.75, 3.05) is 12.4 Å². The van der Waals surface area contributed by atoms with E-state index >= 15 is 0 Å². The number of carbonyl (C=O) groups excluding carboxylic acids is 1. The smallest absolute Gasteiger partial charge is 0.416 e. The first-order valence-corrected chi connectivity index (χ1v) is 9.13. The van der Waals surface area contributed by atoms with Crippen LogP contribution in [-0.4, -0.2) is 29.1 Å². The fourth-order valence-electron chi connectivity index (χ4n) is 2.74. The molecule has 32 heavy (non-hydrogen) atoms. The van der Waals surface area contributed by atoms with E-state index in [1.165, 1.54) is 13.2 Å². The van der Waals surface area contributed by atoms with Crippen LogP contribution in [0.2, 0.25) is 0 Å². The third-order valence-electron chi connectivity index (χ3n) is 4.33. The Morgan fingerprint density at radius 2 is 1.72 bits per heavy atom. The fourth-order valence-corrected chi connectivity index (χ4v) is 2.74. The lowest BCUT2D eigenvalue weighted by molar-refractivity contribution is -0.137. The predicted octanol–water partition coefficient (Wildman–Crippen LogP) is 5.16. The number of aryl methyl sites for hydroxylation is 1. The average molecular weight is 446 g/mol. The first-order chi connectivity index (χ1) is 15.1. The maximum absolute atomic E-state index is 13.2. The Bertz CT molecular complexity index is 1160. The van der Waals surface area contributed by atoms with Crippen LogP contribution in [0.4, 0.5) is 18.9 Å². The maximum Gasteiger partial charge on any atom is 0.416 e. The van der Waals surface area contributed by atoms with Gasteiger partial charge in [-0.25, -0.2) is 9.78 Å². The SMILES string of the molecule is COc1cc(C)ccc1Oc1ccc(C(F)(F)F)cc1C(=O)Nc1ccc(C(=O)O)nc1. The van der Waals surface area contributed by atoms with Gasteiger partial charge in [0.25, 0.3) is 5.91 Å². The minimum absolute atomic E-state index is 0.0938. The number of halogens is 3. The molecular weight excluding hydrogens is 429 g/mol. The summed E-state index contributed by atoms with van der Waals surface area (Å²) in [6.07, 6.45) is -3.60. The van der Waals surface area contributed by atoms with E-state index in [-0.39, 0.29) is 28.4 Å². The van der Waals surface area contributed by atoms with Gasteiger partial charge in [0.2, 0.25) is 0 Å². The van der Waals surface area contributed by atoms with Crippen molar-refractivity contribution in [3.63, 3.8) is 0 Å². The number of nitrogens with zero attached hydrogens (tertiary/aromatic N) is 1. The molecule has 0 radical (unpaired) electrons. The van der Waals surface area contributed by atoms with E-state index in [0.717, 1.165) is 30.0 Å². The van der Waals surface area contributed by atoms with E-state index in [1.807, 2.05) is 6.92 Å². The summed E-state index contributed by atoms with van der Waals surface area (Å²) in [4.78, 5) is 27.4. The summed E-state index contributed by atoms with van der Waals surface area (Å²) in [6, 6.07) is 9.90. The molecule has 3 aromatic rings. The highest BCUT2D eigenvalue weighted by Crippen LogP contribution is 2.37. The summed E-state index contributed by atoms with van der Waals surface area (Å²) in [5.74, 6) is -1.75. The van der Waals surface area contributed by atoms with Crippen molar-refractivity contribution in [3.8, 4) is 17.2 Å². The van der Waals surface area contributed by atoms with Crippen molar-refractivity contribution in [1.82, 2.24) is 4.98 Å². The minimum atomic E-state index is -4.68.